The molecule has 1 N–H and O–H groups in total. The molecule has 5 heterocycles. The smallest absolute Gasteiger partial charge is 0.232 e. The molecule has 0 amide bonds. The number of rotatable bonds is 6. The molecular weight excluding hydrogens is 448 g/mol. The molecule has 2 aliphatic heterocycles. The first-order valence-electron chi connectivity index (χ1n) is 13.2. The Kier molecular flexibility index (Phi) is 6.17. The first-order valence-corrected chi connectivity index (χ1v) is 13.2. The third-order valence-corrected chi connectivity index (χ3v) is 7.43. The van der Waals surface area contributed by atoms with Crippen LogP contribution in [0.4, 0.5) is 23.4 Å². The van der Waals surface area contributed by atoms with Gasteiger partial charge in [0.2, 0.25) is 5.95 Å². The van der Waals surface area contributed by atoms with Crippen LogP contribution < -0.4 is 15.1 Å². The number of anilines is 4. The summed E-state index contributed by atoms with van der Waals surface area (Å²) in [7, 11) is 0. The van der Waals surface area contributed by atoms with Crippen molar-refractivity contribution in [2.45, 2.75) is 51.5 Å². The van der Waals surface area contributed by atoms with Gasteiger partial charge in [0.1, 0.15) is 17.5 Å². The topological polar surface area (TPSA) is 75.0 Å². The van der Waals surface area contributed by atoms with E-state index in [-0.39, 0.29) is 6.04 Å². The molecule has 0 bridgehead atoms. The van der Waals surface area contributed by atoms with E-state index in [4.69, 9.17) is 9.97 Å². The van der Waals surface area contributed by atoms with Crippen molar-refractivity contribution in [2.75, 3.05) is 41.3 Å². The summed E-state index contributed by atoms with van der Waals surface area (Å²) in [5.74, 6) is 3.94. The van der Waals surface area contributed by atoms with Gasteiger partial charge in [0.05, 0.1) is 11.7 Å². The Labute approximate surface area is 212 Å². The maximum absolute atomic E-state index is 4.96. The SMILES string of the molecule is CC(C)n1ncc2cnc(Nc3nc(N4CCCC4)cc(N4CCC(c5ccccc5)CC4)n3)cc21. The number of nitrogens with zero attached hydrogens (tertiary/aromatic N) is 7. The maximum atomic E-state index is 4.96. The average Bonchev–Trinajstić information content (AvgIpc) is 3.60. The molecule has 6 rings (SSSR count). The third kappa shape index (κ3) is 4.59. The second-order valence-corrected chi connectivity index (χ2v) is 10.2. The number of aromatic nitrogens is 5. The summed E-state index contributed by atoms with van der Waals surface area (Å²) >= 11 is 0. The number of nitrogens with one attached hydrogen (secondary N) is 1. The Morgan fingerprint density at radius 1 is 0.861 bits per heavy atom. The molecule has 0 aliphatic carbocycles. The predicted octanol–water partition coefficient (Wildman–Crippen LogP) is 5.53. The van der Waals surface area contributed by atoms with E-state index < -0.39 is 0 Å². The summed E-state index contributed by atoms with van der Waals surface area (Å²) in [5.41, 5.74) is 2.50. The number of fused-ring (bicyclic) bond motifs is 1. The van der Waals surface area contributed by atoms with Crippen molar-refractivity contribution in [1.29, 1.82) is 0 Å². The molecule has 0 spiro atoms. The fourth-order valence-corrected chi connectivity index (χ4v) is 5.45. The van der Waals surface area contributed by atoms with Gasteiger partial charge in [-0.05, 0) is 51.0 Å². The van der Waals surface area contributed by atoms with Crippen LogP contribution in [0.15, 0.2) is 54.9 Å². The van der Waals surface area contributed by atoms with Gasteiger partial charge in [0.15, 0.2) is 0 Å². The van der Waals surface area contributed by atoms with Crippen LogP contribution in [0.1, 0.15) is 57.1 Å². The highest BCUT2D eigenvalue weighted by Gasteiger charge is 2.24. The lowest BCUT2D eigenvalue weighted by molar-refractivity contribution is 0.502. The lowest BCUT2D eigenvalue weighted by Crippen LogP contribution is -2.34. The highest BCUT2D eigenvalue weighted by molar-refractivity contribution is 5.81. The molecule has 1 aromatic carbocycles. The molecule has 186 valence electrons. The Bertz CT molecular complexity index is 1320. The normalized spacial score (nSPS) is 16.9. The van der Waals surface area contributed by atoms with Crippen molar-refractivity contribution in [3.05, 3.63) is 60.4 Å². The first kappa shape index (κ1) is 22.8. The number of hydrogen-bond donors (Lipinski definition) is 1. The van der Waals surface area contributed by atoms with Crippen LogP contribution in [-0.2, 0) is 0 Å². The molecule has 8 nitrogen and oxygen atoms in total. The standard InChI is InChI=1S/C28H34N8/c1-20(2)36-24-16-25(29-18-23(24)19-30-36)31-28-32-26(34-12-6-7-13-34)17-27(33-28)35-14-10-22(11-15-35)21-8-4-3-5-9-21/h3-5,8-9,16-20,22H,6-7,10-15H2,1-2H3,(H,29,31,32,33). The molecule has 0 radical (unpaired) electrons. The molecule has 0 saturated carbocycles. The molecule has 3 aromatic heterocycles. The monoisotopic (exact) mass is 482 g/mol. The van der Waals surface area contributed by atoms with Crippen LogP contribution in [-0.4, -0.2) is 50.9 Å². The van der Waals surface area contributed by atoms with Crippen molar-refractivity contribution in [3.63, 3.8) is 0 Å². The fourth-order valence-electron chi connectivity index (χ4n) is 5.45. The van der Waals surface area contributed by atoms with Crippen LogP contribution in [0, 0.1) is 0 Å². The van der Waals surface area contributed by atoms with E-state index in [2.05, 4.69) is 75.4 Å². The second-order valence-electron chi connectivity index (χ2n) is 10.2. The summed E-state index contributed by atoms with van der Waals surface area (Å²) < 4.78 is 2.02. The lowest BCUT2D eigenvalue weighted by Gasteiger charge is -2.33. The lowest BCUT2D eigenvalue weighted by atomic mass is 9.89. The molecular formula is C28H34N8. The molecule has 0 atom stereocenters. The molecule has 0 unspecified atom stereocenters. The van der Waals surface area contributed by atoms with Crippen LogP contribution >= 0.6 is 0 Å². The number of pyridine rings is 1. The van der Waals surface area contributed by atoms with Gasteiger partial charge in [-0.3, -0.25) is 4.68 Å². The highest BCUT2D eigenvalue weighted by Crippen LogP contribution is 2.32. The van der Waals surface area contributed by atoms with Crippen molar-refractivity contribution in [1.82, 2.24) is 24.7 Å². The largest absolute Gasteiger partial charge is 0.356 e. The minimum absolute atomic E-state index is 0.276. The molecule has 2 aliphatic rings. The molecule has 4 aromatic rings. The van der Waals surface area contributed by atoms with Crippen molar-refractivity contribution in [2.24, 2.45) is 0 Å². The van der Waals surface area contributed by atoms with Gasteiger partial charge < -0.3 is 15.1 Å². The summed E-state index contributed by atoms with van der Waals surface area (Å²) in [6, 6.07) is 15.4. The van der Waals surface area contributed by atoms with E-state index in [1.54, 1.807) is 0 Å². The van der Waals surface area contributed by atoms with Gasteiger partial charge in [-0.15, -0.1) is 0 Å². The Hall–Kier alpha value is -3.68. The minimum atomic E-state index is 0.276. The van der Waals surface area contributed by atoms with E-state index in [0.717, 1.165) is 67.4 Å². The minimum Gasteiger partial charge on any atom is -0.356 e. The van der Waals surface area contributed by atoms with Gasteiger partial charge in [-0.25, -0.2) is 4.98 Å². The maximum Gasteiger partial charge on any atom is 0.232 e. The van der Waals surface area contributed by atoms with E-state index in [1.165, 1.54) is 18.4 Å². The van der Waals surface area contributed by atoms with Crippen LogP contribution in [0.3, 0.4) is 0 Å². The molecule has 2 saturated heterocycles. The second kappa shape index (κ2) is 9.76. The van der Waals surface area contributed by atoms with Crippen LogP contribution in [0.2, 0.25) is 0 Å². The van der Waals surface area contributed by atoms with Crippen LogP contribution in [0.25, 0.3) is 10.9 Å². The average molecular weight is 483 g/mol. The van der Waals surface area contributed by atoms with Gasteiger partial charge in [-0.2, -0.15) is 15.1 Å². The predicted molar refractivity (Wildman–Crippen MR) is 145 cm³/mol. The Balaban J connectivity index is 1.27. The van der Waals surface area contributed by atoms with Gasteiger partial charge in [0.25, 0.3) is 0 Å². The summed E-state index contributed by atoms with van der Waals surface area (Å²) in [6.45, 7) is 8.35. The highest BCUT2D eigenvalue weighted by atomic mass is 15.3. The zero-order valence-corrected chi connectivity index (χ0v) is 21.1. The number of hydrogen-bond acceptors (Lipinski definition) is 7. The van der Waals surface area contributed by atoms with Crippen molar-refractivity contribution in [3.8, 4) is 0 Å². The van der Waals surface area contributed by atoms with Crippen molar-refractivity contribution >= 4 is 34.3 Å². The molecule has 36 heavy (non-hydrogen) atoms. The third-order valence-electron chi connectivity index (χ3n) is 7.43. The molecule has 2 fully saturated rings. The van der Waals surface area contributed by atoms with E-state index in [0.29, 0.717) is 11.9 Å². The summed E-state index contributed by atoms with van der Waals surface area (Å²) in [4.78, 5) is 19.3. The first-order chi connectivity index (χ1) is 17.6. The molecule has 8 heteroatoms. The number of benzene rings is 1. The van der Waals surface area contributed by atoms with Crippen molar-refractivity contribution < 1.29 is 0 Å². The zero-order chi connectivity index (χ0) is 24.5. The van der Waals surface area contributed by atoms with Gasteiger partial charge >= 0.3 is 0 Å². The summed E-state index contributed by atoms with van der Waals surface area (Å²) in [6.07, 6.45) is 8.42. The number of piperidine rings is 1. The van der Waals surface area contributed by atoms with Crippen LogP contribution in [0.5, 0.6) is 0 Å². The Morgan fingerprint density at radius 2 is 1.56 bits per heavy atom. The summed E-state index contributed by atoms with van der Waals surface area (Å²) in [5, 5.41) is 8.95. The van der Waals surface area contributed by atoms with E-state index in [9.17, 15) is 0 Å². The van der Waals surface area contributed by atoms with E-state index >= 15 is 0 Å². The van der Waals surface area contributed by atoms with E-state index in [1.807, 2.05) is 23.1 Å². The fraction of sp³-hybridized carbons (Fsp3) is 0.429. The quantitative estimate of drug-likeness (QED) is 0.387. The zero-order valence-electron chi connectivity index (χ0n) is 21.1. The Morgan fingerprint density at radius 3 is 2.25 bits per heavy atom. The van der Waals surface area contributed by atoms with Gasteiger partial charge in [-0.1, -0.05) is 30.3 Å². The van der Waals surface area contributed by atoms with Gasteiger partial charge in [0, 0.05) is 55.9 Å².